The van der Waals surface area contributed by atoms with Gasteiger partial charge in [-0.2, -0.15) is 5.26 Å². The van der Waals surface area contributed by atoms with E-state index in [1.807, 2.05) is 32.9 Å². The molecule has 0 aliphatic carbocycles. The maximum Gasteiger partial charge on any atom is 0.239 e. The van der Waals surface area contributed by atoms with Gasteiger partial charge in [-0.15, -0.1) is 0 Å². The van der Waals surface area contributed by atoms with E-state index in [9.17, 15) is 4.79 Å². The Balaban J connectivity index is 2.52. The monoisotopic (exact) mass is 248 g/mol. The number of carbonyl (C=O) groups is 1. The lowest BCUT2D eigenvalue weighted by Crippen LogP contribution is -2.35. The van der Waals surface area contributed by atoms with Crippen LogP contribution in [0.2, 0.25) is 0 Å². The summed E-state index contributed by atoms with van der Waals surface area (Å²) in [5, 5.41) is 8.99. The second-order valence-corrected chi connectivity index (χ2v) is 4.87. The first kappa shape index (κ1) is 14.3. The number of hydrogen-bond donors (Lipinski definition) is 0. The standard InChI is InChI=1S/C14H20N2O2/c1-10(2)13(9-15)14(17)16(4)8-7-12-6-5-11(3)18-12/h5-6,10,13H,7-8H2,1-4H3. The Morgan fingerprint density at radius 2 is 2.17 bits per heavy atom. The van der Waals surface area contributed by atoms with Crippen molar-refractivity contribution in [3.8, 4) is 6.07 Å². The van der Waals surface area contributed by atoms with Crippen LogP contribution in [-0.2, 0) is 11.2 Å². The van der Waals surface area contributed by atoms with Crippen molar-refractivity contribution in [1.82, 2.24) is 4.90 Å². The molecule has 0 bridgehead atoms. The van der Waals surface area contributed by atoms with Crippen molar-refractivity contribution in [3.05, 3.63) is 23.7 Å². The molecule has 1 rings (SSSR count). The van der Waals surface area contributed by atoms with Crippen LogP contribution in [-0.4, -0.2) is 24.4 Å². The third-order valence-corrected chi connectivity index (χ3v) is 2.94. The summed E-state index contributed by atoms with van der Waals surface area (Å²) in [5.74, 6) is 1.10. The van der Waals surface area contributed by atoms with Crippen molar-refractivity contribution in [3.63, 3.8) is 0 Å². The first-order valence-corrected chi connectivity index (χ1v) is 6.15. The molecule has 1 heterocycles. The highest BCUT2D eigenvalue weighted by Gasteiger charge is 2.24. The van der Waals surface area contributed by atoms with Gasteiger partial charge in [0.2, 0.25) is 5.91 Å². The van der Waals surface area contributed by atoms with Crippen LogP contribution in [0, 0.1) is 30.1 Å². The van der Waals surface area contributed by atoms with Crippen LogP contribution in [0.4, 0.5) is 0 Å². The number of furan rings is 1. The summed E-state index contributed by atoms with van der Waals surface area (Å²) in [6.07, 6.45) is 0.673. The molecular formula is C14H20N2O2. The van der Waals surface area contributed by atoms with E-state index in [1.54, 1.807) is 11.9 Å². The van der Waals surface area contributed by atoms with Gasteiger partial charge in [-0.05, 0) is 25.0 Å². The zero-order valence-electron chi connectivity index (χ0n) is 11.4. The lowest BCUT2D eigenvalue weighted by atomic mass is 9.96. The van der Waals surface area contributed by atoms with E-state index < -0.39 is 5.92 Å². The van der Waals surface area contributed by atoms with Crippen LogP contribution in [0.5, 0.6) is 0 Å². The third-order valence-electron chi connectivity index (χ3n) is 2.94. The van der Waals surface area contributed by atoms with Crippen molar-refractivity contribution >= 4 is 5.91 Å². The van der Waals surface area contributed by atoms with Gasteiger partial charge in [0.15, 0.2) is 0 Å². The number of rotatable bonds is 5. The largest absolute Gasteiger partial charge is 0.466 e. The van der Waals surface area contributed by atoms with Gasteiger partial charge in [-0.25, -0.2) is 0 Å². The fraction of sp³-hybridized carbons (Fsp3) is 0.571. The van der Waals surface area contributed by atoms with E-state index in [4.69, 9.17) is 9.68 Å². The predicted molar refractivity (Wildman–Crippen MR) is 68.7 cm³/mol. The molecule has 1 amide bonds. The van der Waals surface area contributed by atoms with Crippen molar-refractivity contribution in [1.29, 1.82) is 5.26 Å². The molecule has 0 spiro atoms. The van der Waals surface area contributed by atoms with Crippen LogP contribution in [0.25, 0.3) is 0 Å². The molecule has 98 valence electrons. The minimum absolute atomic E-state index is 0.0378. The van der Waals surface area contributed by atoms with E-state index in [1.165, 1.54) is 0 Å². The minimum atomic E-state index is -0.562. The second kappa shape index (κ2) is 6.25. The van der Waals surface area contributed by atoms with Crippen molar-refractivity contribution in [2.24, 2.45) is 11.8 Å². The van der Waals surface area contributed by atoms with Crippen LogP contribution in [0.3, 0.4) is 0 Å². The van der Waals surface area contributed by atoms with Crippen LogP contribution >= 0.6 is 0 Å². The van der Waals surface area contributed by atoms with Crippen molar-refractivity contribution in [2.45, 2.75) is 27.2 Å². The lowest BCUT2D eigenvalue weighted by molar-refractivity contribution is -0.133. The van der Waals surface area contributed by atoms with Crippen LogP contribution < -0.4 is 0 Å². The van der Waals surface area contributed by atoms with Crippen LogP contribution in [0.1, 0.15) is 25.4 Å². The Kier molecular flexibility index (Phi) is 4.96. The first-order chi connectivity index (χ1) is 8.45. The number of nitriles is 1. The van der Waals surface area contributed by atoms with Gasteiger partial charge in [-0.1, -0.05) is 13.8 Å². The smallest absolute Gasteiger partial charge is 0.239 e. The molecule has 0 aromatic carbocycles. The fourth-order valence-electron chi connectivity index (χ4n) is 1.73. The molecule has 1 unspecified atom stereocenters. The van der Waals surface area contributed by atoms with E-state index in [0.29, 0.717) is 13.0 Å². The number of amides is 1. The van der Waals surface area contributed by atoms with Gasteiger partial charge in [-0.3, -0.25) is 4.79 Å². The second-order valence-electron chi connectivity index (χ2n) is 4.87. The topological polar surface area (TPSA) is 57.2 Å². The van der Waals surface area contributed by atoms with E-state index in [0.717, 1.165) is 11.5 Å². The molecule has 0 radical (unpaired) electrons. The highest BCUT2D eigenvalue weighted by molar-refractivity contribution is 5.81. The first-order valence-electron chi connectivity index (χ1n) is 6.15. The Morgan fingerprint density at radius 1 is 1.50 bits per heavy atom. The number of nitrogens with zero attached hydrogens (tertiary/aromatic N) is 2. The number of aryl methyl sites for hydroxylation is 1. The van der Waals surface area contributed by atoms with E-state index >= 15 is 0 Å². The maximum absolute atomic E-state index is 12.0. The van der Waals surface area contributed by atoms with Crippen LogP contribution in [0.15, 0.2) is 16.5 Å². The van der Waals surface area contributed by atoms with Gasteiger partial charge in [0.05, 0.1) is 6.07 Å². The van der Waals surface area contributed by atoms with Gasteiger partial charge in [0.25, 0.3) is 0 Å². The zero-order chi connectivity index (χ0) is 13.7. The van der Waals surface area contributed by atoms with E-state index in [2.05, 4.69) is 6.07 Å². The Hall–Kier alpha value is -1.76. The molecule has 4 heteroatoms. The van der Waals surface area contributed by atoms with Gasteiger partial charge in [0.1, 0.15) is 17.4 Å². The fourth-order valence-corrected chi connectivity index (χ4v) is 1.73. The Bertz CT molecular complexity index is 443. The highest BCUT2D eigenvalue weighted by Crippen LogP contribution is 2.13. The third kappa shape index (κ3) is 3.63. The average molecular weight is 248 g/mol. The molecule has 0 fully saturated rings. The molecule has 18 heavy (non-hydrogen) atoms. The van der Waals surface area contributed by atoms with Crippen molar-refractivity contribution in [2.75, 3.05) is 13.6 Å². The quantitative estimate of drug-likeness (QED) is 0.804. The Labute approximate surface area is 108 Å². The molecule has 0 saturated heterocycles. The average Bonchev–Trinajstić information content (AvgIpc) is 2.72. The summed E-state index contributed by atoms with van der Waals surface area (Å²) >= 11 is 0. The predicted octanol–water partition coefficient (Wildman–Crippen LogP) is 2.38. The molecule has 1 aromatic rings. The summed E-state index contributed by atoms with van der Waals surface area (Å²) in [6.45, 7) is 6.23. The molecule has 1 aromatic heterocycles. The summed E-state index contributed by atoms with van der Waals surface area (Å²) in [4.78, 5) is 13.6. The molecule has 0 saturated carbocycles. The summed E-state index contributed by atoms with van der Waals surface area (Å²) in [6, 6.07) is 5.89. The van der Waals surface area contributed by atoms with E-state index in [-0.39, 0.29) is 11.8 Å². The molecule has 0 N–H and O–H groups in total. The zero-order valence-corrected chi connectivity index (χ0v) is 11.4. The summed E-state index contributed by atoms with van der Waals surface area (Å²) in [5.41, 5.74) is 0. The Morgan fingerprint density at radius 3 is 2.61 bits per heavy atom. The maximum atomic E-state index is 12.0. The van der Waals surface area contributed by atoms with Gasteiger partial charge in [0, 0.05) is 20.0 Å². The van der Waals surface area contributed by atoms with Gasteiger partial charge < -0.3 is 9.32 Å². The SMILES string of the molecule is Cc1ccc(CCN(C)C(=O)C(C#N)C(C)C)o1. The molecule has 0 aliphatic rings. The summed E-state index contributed by atoms with van der Waals surface area (Å²) in [7, 11) is 1.73. The molecular weight excluding hydrogens is 228 g/mol. The van der Waals surface area contributed by atoms with Crippen molar-refractivity contribution < 1.29 is 9.21 Å². The highest BCUT2D eigenvalue weighted by atomic mass is 16.3. The normalized spacial score (nSPS) is 12.2. The number of hydrogen-bond acceptors (Lipinski definition) is 3. The minimum Gasteiger partial charge on any atom is -0.466 e. The molecule has 0 aliphatic heterocycles. The van der Waals surface area contributed by atoms with Gasteiger partial charge >= 0.3 is 0 Å². The lowest BCUT2D eigenvalue weighted by Gasteiger charge is -2.21. The molecule has 4 nitrogen and oxygen atoms in total. The number of likely N-dealkylation sites (N-methyl/N-ethyl adjacent to an activating group) is 1. The molecule has 1 atom stereocenters. The number of carbonyl (C=O) groups excluding carboxylic acids is 1. The summed E-state index contributed by atoms with van der Waals surface area (Å²) < 4.78 is 5.44.